The van der Waals surface area contributed by atoms with Gasteiger partial charge in [0.15, 0.2) is 0 Å². The Morgan fingerprint density at radius 1 is 1.12 bits per heavy atom. The van der Waals surface area contributed by atoms with E-state index in [0.717, 1.165) is 80.9 Å². The highest BCUT2D eigenvalue weighted by Crippen LogP contribution is 2.32. The molecule has 1 N–H and O–H groups in total. The summed E-state index contributed by atoms with van der Waals surface area (Å²) in [6.45, 7) is 6.92. The quantitative estimate of drug-likeness (QED) is 0.592. The largest absolute Gasteiger partial charge is 0.355 e. The van der Waals surface area contributed by atoms with Gasteiger partial charge >= 0.3 is 0 Å². The van der Waals surface area contributed by atoms with Crippen molar-refractivity contribution >= 4 is 33.3 Å². The van der Waals surface area contributed by atoms with E-state index in [1.54, 1.807) is 17.7 Å². The Balaban J connectivity index is 1.16. The van der Waals surface area contributed by atoms with Crippen molar-refractivity contribution in [2.45, 2.75) is 51.6 Å². The van der Waals surface area contributed by atoms with Gasteiger partial charge in [-0.3, -0.25) is 9.69 Å². The lowest BCUT2D eigenvalue weighted by atomic mass is 9.95. The maximum atomic E-state index is 13.1. The fourth-order valence-corrected chi connectivity index (χ4v) is 6.03. The second-order valence-corrected chi connectivity index (χ2v) is 10.4. The first-order valence-electron chi connectivity index (χ1n) is 12.2. The fourth-order valence-electron chi connectivity index (χ4n) is 5.10. The molecule has 3 aromatic rings. The standard InChI is InChI=1S/C26H33N5OS/c1-2-22-15-23-24(27-18-28-26(23)33-22)31-12-6-9-20(17-31)25(32)29-21-10-13-30(14-11-21)16-19-7-4-3-5-8-19/h3-5,7-8,15,18,20-21H,2,6,9-14,16-17H2,1H3,(H,29,32)/t20-/m0/s1. The highest BCUT2D eigenvalue weighted by molar-refractivity contribution is 7.18. The zero-order chi connectivity index (χ0) is 22.6. The molecular formula is C26H33N5OS. The molecule has 0 bridgehead atoms. The number of nitrogens with one attached hydrogen (secondary N) is 1. The van der Waals surface area contributed by atoms with Gasteiger partial charge in [-0.15, -0.1) is 11.3 Å². The molecule has 0 unspecified atom stereocenters. The van der Waals surface area contributed by atoms with Crippen LogP contribution in [-0.4, -0.2) is 53.0 Å². The normalized spacial score (nSPS) is 20.3. The van der Waals surface area contributed by atoms with Crippen LogP contribution in [0.2, 0.25) is 0 Å². The second kappa shape index (κ2) is 10.2. The summed E-state index contributed by atoms with van der Waals surface area (Å²) in [5.41, 5.74) is 1.36. The number of likely N-dealkylation sites (tertiary alicyclic amines) is 1. The van der Waals surface area contributed by atoms with E-state index < -0.39 is 0 Å². The smallest absolute Gasteiger partial charge is 0.225 e. The average molecular weight is 464 g/mol. The van der Waals surface area contributed by atoms with Crippen LogP contribution < -0.4 is 10.2 Å². The topological polar surface area (TPSA) is 61.4 Å². The minimum absolute atomic E-state index is 0.0235. The predicted octanol–water partition coefficient (Wildman–Crippen LogP) is 4.25. The molecule has 4 heterocycles. The Labute approximate surface area is 200 Å². The highest BCUT2D eigenvalue weighted by atomic mass is 32.1. The van der Waals surface area contributed by atoms with Crippen molar-refractivity contribution in [3.63, 3.8) is 0 Å². The van der Waals surface area contributed by atoms with Gasteiger partial charge in [-0.25, -0.2) is 9.97 Å². The van der Waals surface area contributed by atoms with Crippen LogP contribution in [0.1, 0.15) is 43.0 Å². The van der Waals surface area contributed by atoms with Crippen LogP contribution in [0.4, 0.5) is 5.82 Å². The third-order valence-electron chi connectivity index (χ3n) is 6.98. The number of anilines is 1. The molecule has 1 aromatic carbocycles. The van der Waals surface area contributed by atoms with E-state index >= 15 is 0 Å². The van der Waals surface area contributed by atoms with Crippen molar-refractivity contribution in [1.29, 1.82) is 0 Å². The van der Waals surface area contributed by atoms with Gasteiger partial charge in [0.05, 0.1) is 11.3 Å². The molecule has 174 valence electrons. The Kier molecular flexibility index (Phi) is 6.88. The Morgan fingerprint density at radius 2 is 1.94 bits per heavy atom. The number of fused-ring (bicyclic) bond motifs is 1. The zero-order valence-electron chi connectivity index (χ0n) is 19.4. The third-order valence-corrected chi connectivity index (χ3v) is 8.17. The molecule has 5 rings (SSSR count). The maximum absolute atomic E-state index is 13.1. The van der Waals surface area contributed by atoms with Gasteiger partial charge in [-0.2, -0.15) is 0 Å². The lowest BCUT2D eigenvalue weighted by Crippen LogP contribution is -2.49. The fraction of sp³-hybridized carbons (Fsp3) is 0.500. The minimum atomic E-state index is 0.0235. The first-order chi connectivity index (χ1) is 16.2. The van der Waals surface area contributed by atoms with Crippen LogP contribution in [0.5, 0.6) is 0 Å². The molecule has 2 fully saturated rings. The van der Waals surface area contributed by atoms with Gasteiger partial charge in [-0.1, -0.05) is 37.3 Å². The molecule has 2 aliphatic rings. The van der Waals surface area contributed by atoms with Gasteiger partial charge < -0.3 is 10.2 Å². The van der Waals surface area contributed by atoms with Crippen LogP contribution in [0.15, 0.2) is 42.7 Å². The minimum Gasteiger partial charge on any atom is -0.355 e. The lowest BCUT2D eigenvalue weighted by Gasteiger charge is -2.36. The summed E-state index contributed by atoms with van der Waals surface area (Å²) in [4.78, 5) is 29.4. The van der Waals surface area contributed by atoms with Crippen LogP contribution in [0.3, 0.4) is 0 Å². The number of rotatable bonds is 6. The summed E-state index contributed by atoms with van der Waals surface area (Å²) in [6, 6.07) is 13.2. The van der Waals surface area contributed by atoms with E-state index in [-0.39, 0.29) is 17.9 Å². The molecule has 7 heteroatoms. The molecule has 2 aromatic heterocycles. The zero-order valence-corrected chi connectivity index (χ0v) is 20.2. The van der Waals surface area contributed by atoms with Gasteiger partial charge in [0.1, 0.15) is 17.0 Å². The van der Waals surface area contributed by atoms with Crippen LogP contribution in [0.25, 0.3) is 10.2 Å². The molecule has 33 heavy (non-hydrogen) atoms. The molecule has 2 aliphatic heterocycles. The molecule has 0 radical (unpaired) electrons. The van der Waals surface area contributed by atoms with Crippen LogP contribution >= 0.6 is 11.3 Å². The van der Waals surface area contributed by atoms with Gasteiger partial charge in [0.25, 0.3) is 0 Å². The number of carbonyl (C=O) groups excluding carboxylic acids is 1. The predicted molar refractivity (Wildman–Crippen MR) is 135 cm³/mol. The number of nitrogens with zero attached hydrogens (tertiary/aromatic N) is 4. The molecule has 1 amide bonds. The summed E-state index contributed by atoms with van der Waals surface area (Å²) in [5.74, 6) is 1.23. The van der Waals surface area contributed by atoms with Crippen molar-refractivity contribution in [3.8, 4) is 0 Å². The summed E-state index contributed by atoms with van der Waals surface area (Å²) in [7, 11) is 0. The first kappa shape index (κ1) is 22.3. The lowest BCUT2D eigenvalue weighted by molar-refractivity contribution is -0.126. The number of carbonyl (C=O) groups is 1. The number of thiophene rings is 1. The summed E-state index contributed by atoms with van der Waals surface area (Å²) in [6.07, 6.45) is 6.69. The number of hydrogen-bond donors (Lipinski definition) is 1. The van der Waals surface area contributed by atoms with Crippen molar-refractivity contribution in [2.75, 3.05) is 31.1 Å². The van der Waals surface area contributed by atoms with Gasteiger partial charge in [-0.05, 0) is 43.7 Å². The Hall–Kier alpha value is -2.51. The molecule has 0 spiro atoms. The Morgan fingerprint density at radius 3 is 2.73 bits per heavy atom. The van der Waals surface area contributed by atoms with E-state index in [1.807, 2.05) is 0 Å². The number of piperidine rings is 2. The molecule has 6 nitrogen and oxygen atoms in total. The number of amides is 1. The van der Waals surface area contributed by atoms with Crippen molar-refractivity contribution < 1.29 is 4.79 Å². The van der Waals surface area contributed by atoms with Crippen molar-refractivity contribution in [2.24, 2.45) is 5.92 Å². The van der Waals surface area contributed by atoms with E-state index in [2.05, 4.69) is 68.4 Å². The summed E-state index contributed by atoms with van der Waals surface area (Å²) in [5, 5.41) is 4.50. The van der Waals surface area contributed by atoms with Gasteiger partial charge in [0.2, 0.25) is 5.91 Å². The molecule has 1 atom stereocenters. The Bertz CT molecular complexity index is 1080. The van der Waals surface area contributed by atoms with Gasteiger partial charge in [0, 0.05) is 43.6 Å². The van der Waals surface area contributed by atoms with Crippen LogP contribution in [0, 0.1) is 5.92 Å². The number of aryl methyl sites for hydroxylation is 1. The number of aromatic nitrogens is 2. The molecule has 2 saturated heterocycles. The van der Waals surface area contributed by atoms with Crippen molar-refractivity contribution in [1.82, 2.24) is 20.2 Å². The van der Waals surface area contributed by atoms with Crippen molar-refractivity contribution in [3.05, 3.63) is 53.2 Å². The second-order valence-electron chi connectivity index (χ2n) is 9.31. The summed E-state index contributed by atoms with van der Waals surface area (Å²) < 4.78 is 0. The van der Waals surface area contributed by atoms with Crippen LogP contribution in [-0.2, 0) is 17.8 Å². The van der Waals surface area contributed by atoms with E-state index in [1.165, 1.54) is 10.4 Å². The maximum Gasteiger partial charge on any atom is 0.225 e. The average Bonchev–Trinajstić information content (AvgIpc) is 3.30. The molecular weight excluding hydrogens is 430 g/mol. The monoisotopic (exact) mass is 463 g/mol. The molecule has 0 saturated carbocycles. The van der Waals surface area contributed by atoms with E-state index in [4.69, 9.17) is 0 Å². The SMILES string of the molecule is CCc1cc2c(N3CCC[C@H](C(=O)NC4CCN(Cc5ccccc5)CC4)C3)ncnc2s1. The first-order valence-corrected chi connectivity index (χ1v) is 13.1. The number of hydrogen-bond acceptors (Lipinski definition) is 6. The highest BCUT2D eigenvalue weighted by Gasteiger charge is 2.30. The van der Waals surface area contributed by atoms with E-state index in [0.29, 0.717) is 0 Å². The third kappa shape index (κ3) is 5.20. The summed E-state index contributed by atoms with van der Waals surface area (Å²) >= 11 is 1.75. The number of benzene rings is 1. The molecule has 0 aliphatic carbocycles. The van der Waals surface area contributed by atoms with E-state index in [9.17, 15) is 4.79 Å².